The summed E-state index contributed by atoms with van der Waals surface area (Å²) in [5.74, 6) is 0.394. The van der Waals surface area contributed by atoms with Gasteiger partial charge in [-0.05, 0) is 39.0 Å². The Kier molecular flexibility index (Phi) is 5.00. The number of hydrogen-bond acceptors (Lipinski definition) is 2. The van der Waals surface area contributed by atoms with E-state index in [1.807, 2.05) is 6.92 Å². The monoisotopic (exact) mass is 226 g/mol. The molecule has 0 bridgehead atoms. The summed E-state index contributed by atoms with van der Waals surface area (Å²) in [4.78, 5) is 0. The highest BCUT2D eigenvalue weighted by molar-refractivity contribution is 4.97. The Morgan fingerprint density at radius 3 is 2.44 bits per heavy atom. The van der Waals surface area contributed by atoms with E-state index in [4.69, 9.17) is 0 Å². The molecule has 94 valence electrons. The SMILES string of the molecule is C=C(C)C[C@@](C)(O)C[C@H](O)C1CCCCC1. The molecule has 1 aliphatic rings. The lowest BCUT2D eigenvalue weighted by Crippen LogP contribution is -2.34. The Morgan fingerprint density at radius 1 is 1.38 bits per heavy atom. The molecule has 2 N–H and O–H groups in total. The average molecular weight is 226 g/mol. The van der Waals surface area contributed by atoms with Crippen molar-refractivity contribution in [3.8, 4) is 0 Å². The first-order valence-electron chi connectivity index (χ1n) is 6.45. The van der Waals surface area contributed by atoms with Crippen molar-refractivity contribution in [2.24, 2.45) is 5.92 Å². The van der Waals surface area contributed by atoms with Gasteiger partial charge in [-0.15, -0.1) is 6.58 Å². The number of rotatable bonds is 5. The largest absolute Gasteiger partial charge is 0.393 e. The Morgan fingerprint density at radius 2 is 1.94 bits per heavy atom. The van der Waals surface area contributed by atoms with Crippen LogP contribution in [0.1, 0.15) is 58.8 Å². The maximum Gasteiger partial charge on any atom is 0.0681 e. The van der Waals surface area contributed by atoms with Crippen LogP contribution >= 0.6 is 0 Å². The van der Waals surface area contributed by atoms with Gasteiger partial charge in [-0.25, -0.2) is 0 Å². The van der Waals surface area contributed by atoms with E-state index in [0.29, 0.717) is 18.8 Å². The van der Waals surface area contributed by atoms with Crippen LogP contribution in [0.3, 0.4) is 0 Å². The molecule has 0 saturated heterocycles. The summed E-state index contributed by atoms with van der Waals surface area (Å²) in [7, 11) is 0. The second kappa shape index (κ2) is 5.83. The molecule has 0 unspecified atom stereocenters. The number of hydrogen-bond donors (Lipinski definition) is 2. The van der Waals surface area contributed by atoms with E-state index in [2.05, 4.69) is 6.58 Å². The van der Waals surface area contributed by atoms with Crippen molar-refractivity contribution in [3.63, 3.8) is 0 Å². The first kappa shape index (κ1) is 13.7. The lowest BCUT2D eigenvalue weighted by atomic mass is 9.80. The second-order valence-corrected chi connectivity index (χ2v) is 5.80. The molecule has 0 spiro atoms. The van der Waals surface area contributed by atoms with Gasteiger partial charge in [0.05, 0.1) is 11.7 Å². The van der Waals surface area contributed by atoms with Crippen LogP contribution < -0.4 is 0 Å². The summed E-state index contributed by atoms with van der Waals surface area (Å²) in [6, 6.07) is 0. The van der Waals surface area contributed by atoms with Crippen molar-refractivity contribution >= 4 is 0 Å². The molecular formula is C14H26O2. The van der Waals surface area contributed by atoms with Crippen molar-refractivity contribution in [2.75, 3.05) is 0 Å². The van der Waals surface area contributed by atoms with Crippen LogP contribution in [0, 0.1) is 5.92 Å². The quantitative estimate of drug-likeness (QED) is 0.707. The van der Waals surface area contributed by atoms with Gasteiger partial charge in [0.15, 0.2) is 0 Å². The van der Waals surface area contributed by atoms with Crippen LogP contribution in [0.5, 0.6) is 0 Å². The van der Waals surface area contributed by atoms with E-state index in [9.17, 15) is 10.2 Å². The maximum atomic E-state index is 10.2. The average Bonchev–Trinajstić information content (AvgIpc) is 2.16. The molecule has 0 radical (unpaired) electrons. The molecule has 0 aromatic heterocycles. The highest BCUT2D eigenvalue weighted by atomic mass is 16.3. The Bertz CT molecular complexity index is 227. The molecule has 1 saturated carbocycles. The minimum atomic E-state index is -0.803. The van der Waals surface area contributed by atoms with Crippen molar-refractivity contribution in [1.82, 2.24) is 0 Å². The third-order valence-electron chi connectivity index (χ3n) is 3.53. The van der Waals surface area contributed by atoms with Gasteiger partial charge in [0.1, 0.15) is 0 Å². The first-order chi connectivity index (χ1) is 7.41. The van der Waals surface area contributed by atoms with Gasteiger partial charge in [0, 0.05) is 6.42 Å². The van der Waals surface area contributed by atoms with Crippen molar-refractivity contribution in [2.45, 2.75) is 70.5 Å². The first-order valence-corrected chi connectivity index (χ1v) is 6.45. The fourth-order valence-electron chi connectivity index (χ4n) is 2.86. The highest BCUT2D eigenvalue weighted by Crippen LogP contribution is 2.31. The molecule has 0 aromatic rings. The second-order valence-electron chi connectivity index (χ2n) is 5.80. The van der Waals surface area contributed by atoms with E-state index >= 15 is 0 Å². The minimum absolute atomic E-state index is 0.352. The van der Waals surface area contributed by atoms with E-state index < -0.39 is 5.60 Å². The molecule has 1 rings (SSSR count). The Hall–Kier alpha value is -0.340. The molecule has 0 heterocycles. The lowest BCUT2D eigenvalue weighted by Gasteiger charge is -2.32. The van der Waals surface area contributed by atoms with Crippen LogP contribution in [0.2, 0.25) is 0 Å². The summed E-state index contributed by atoms with van der Waals surface area (Å²) in [5.41, 5.74) is 0.170. The predicted octanol–water partition coefficient (Wildman–Crippen LogP) is 3.03. The van der Waals surface area contributed by atoms with Gasteiger partial charge in [-0.1, -0.05) is 24.8 Å². The summed E-state index contributed by atoms with van der Waals surface area (Å²) < 4.78 is 0. The molecule has 1 fully saturated rings. The third kappa shape index (κ3) is 4.67. The summed E-state index contributed by atoms with van der Waals surface area (Å²) in [6.45, 7) is 7.54. The lowest BCUT2D eigenvalue weighted by molar-refractivity contribution is -0.0219. The van der Waals surface area contributed by atoms with Gasteiger partial charge < -0.3 is 10.2 Å². The zero-order valence-electron chi connectivity index (χ0n) is 10.7. The van der Waals surface area contributed by atoms with Crippen LogP contribution in [-0.4, -0.2) is 21.9 Å². The van der Waals surface area contributed by atoms with E-state index in [1.165, 1.54) is 19.3 Å². The summed E-state index contributed by atoms with van der Waals surface area (Å²) >= 11 is 0. The van der Waals surface area contributed by atoms with Gasteiger partial charge in [0.25, 0.3) is 0 Å². The summed E-state index contributed by atoms with van der Waals surface area (Å²) in [6.07, 6.45) is 6.69. The van der Waals surface area contributed by atoms with Gasteiger partial charge in [-0.3, -0.25) is 0 Å². The molecule has 2 heteroatoms. The Labute approximate surface area is 99.4 Å². The van der Waals surface area contributed by atoms with Gasteiger partial charge >= 0.3 is 0 Å². The van der Waals surface area contributed by atoms with Crippen LogP contribution in [0.15, 0.2) is 12.2 Å². The van der Waals surface area contributed by atoms with Crippen molar-refractivity contribution in [3.05, 3.63) is 12.2 Å². The molecule has 0 amide bonds. The highest BCUT2D eigenvalue weighted by Gasteiger charge is 2.29. The maximum absolute atomic E-state index is 10.2. The smallest absolute Gasteiger partial charge is 0.0681 e. The number of aliphatic hydroxyl groups is 2. The van der Waals surface area contributed by atoms with Crippen LogP contribution in [-0.2, 0) is 0 Å². The van der Waals surface area contributed by atoms with Crippen LogP contribution in [0.25, 0.3) is 0 Å². The zero-order valence-corrected chi connectivity index (χ0v) is 10.7. The Balaban J connectivity index is 2.41. The third-order valence-corrected chi connectivity index (χ3v) is 3.53. The van der Waals surface area contributed by atoms with Crippen molar-refractivity contribution < 1.29 is 10.2 Å². The molecule has 1 aliphatic carbocycles. The molecule has 0 aliphatic heterocycles. The van der Waals surface area contributed by atoms with Gasteiger partial charge in [0.2, 0.25) is 0 Å². The number of aliphatic hydroxyl groups excluding tert-OH is 1. The van der Waals surface area contributed by atoms with E-state index in [1.54, 1.807) is 6.92 Å². The summed E-state index contributed by atoms with van der Waals surface area (Å²) in [5, 5.41) is 20.3. The van der Waals surface area contributed by atoms with E-state index in [-0.39, 0.29) is 6.10 Å². The standard InChI is InChI=1S/C14H26O2/c1-11(2)9-14(3,16)10-13(15)12-7-5-4-6-8-12/h12-13,15-16H,1,4-10H2,2-3H3/t13-,14+/m0/s1. The molecule has 16 heavy (non-hydrogen) atoms. The van der Waals surface area contributed by atoms with Crippen molar-refractivity contribution in [1.29, 1.82) is 0 Å². The fourth-order valence-corrected chi connectivity index (χ4v) is 2.86. The zero-order chi connectivity index (χ0) is 12.2. The molecular weight excluding hydrogens is 200 g/mol. The minimum Gasteiger partial charge on any atom is -0.393 e. The van der Waals surface area contributed by atoms with E-state index in [0.717, 1.165) is 18.4 Å². The predicted molar refractivity (Wildman–Crippen MR) is 67.3 cm³/mol. The van der Waals surface area contributed by atoms with Gasteiger partial charge in [-0.2, -0.15) is 0 Å². The molecule has 2 atom stereocenters. The molecule has 2 nitrogen and oxygen atoms in total. The topological polar surface area (TPSA) is 40.5 Å². The van der Waals surface area contributed by atoms with Crippen LogP contribution in [0.4, 0.5) is 0 Å². The normalized spacial score (nSPS) is 23.8. The fraction of sp³-hybridized carbons (Fsp3) is 0.857. The molecule has 0 aromatic carbocycles.